The van der Waals surface area contributed by atoms with Gasteiger partial charge in [0.2, 0.25) is 11.8 Å². The maximum atomic E-state index is 14.0. The van der Waals surface area contributed by atoms with Crippen LogP contribution >= 0.6 is 0 Å². The molecule has 2 heterocycles. The number of nitrogens with one attached hydrogen (secondary N) is 1. The molecule has 1 aromatic carbocycles. The van der Waals surface area contributed by atoms with Gasteiger partial charge in [-0.3, -0.25) is 4.79 Å². The van der Waals surface area contributed by atoms with Crippen molar-refractivity contribution >= 4 is 16.9 Å². The first-order chi connectivity index (χ1) is 16.3. The Balaban J connectivity index is 1.64. The van der Waals surface area contributed by atoms with Gasteiger partial charge in [-0.05, 0) is 55.9 Å². The number of imidazole rings is 1. The van der Waals surface area contributed by atoms with Crippen LogP contribution in [0.4, 0.5) is 0 Å². The van der Waals surface area contributed by atoms with Gasteiger partial charge in [-0.1, -0.05) is 50.7 Å². The van der Waals surface area contributed by atoms with Crippen molar-refractivity contribution in [2.24, 2.45) is 5.92 Å². The molecule has 6 nitrogen and oxygen atoms in total. The van der Waals surface area contributed by atoms with Crippen molar-refractivity contribution in [3.8, 4) is 17.3 Å². The number of fused-ring (bicyclic) bond motifs is 1. The Morgan fingerprint density at radius 1 is 1.00 bits per heavy atom. The van der Waals surface area contributed by atoms with Crippen molar-refractivity contribution < 1.29 is 9.53 Å². The molecule has 0 saturated heterocycles. The minimum atomic E-state index is -0.292. The van der Waals surface area contributed by atoms with Gasteiger partial charge in [0.15, 0.2) is 0 Å². The molecule has 2 aliphatic carbocycles. The number of para-hydroxylation sites is 2. The molecule has 3 aromatic rings. The summed E-state index contributed by atoms with van der Waals surface area (Å²) in [7, 11) is 1.63. The number of carbonyl (C=O) groups is 1. The minimum absolute atomic E-state index is 0.140. The highest BCUT2D eigenvalue weighted by molar-refractivity contribution is 5.88. The summed E-state index contributed by atoms with van der Waals surface area (Å²) < 4.78 is 7.78. The number of hydrogen-bond donors (Lipinski definition) is 1. The predicted octanol–water partition coefficient (Wildman–Crippen LogP) is 5.68. The van der Waals surface area contributed by atoms with Gasteiger partial charge in [-0.2, -0.15) is 0 Å². The second kappa shape index (κ2) is 9.94. The molecule has 5 rings (SSSR count). The molecule has 0 aliphatic heterocycles. The van der Waals surface area contributed by atoms with E-state index >= 15 is 0 Å². The summed E-state index contributed by atoms with van der Waals surface area (Å²) in [6, 6.07) is 12.0. The highest BCUT2D eigenvalue weighted by atomic mass is 16.5. The van der Waals surface area contributed by atoms with Crippen LogP contribution in [0.25, 0.3) is 22.4 Å². The van der Waals surface area contributed by atoms with Crippen LogP contribution in [0.3, 0.4) is 0 Å². The molecule has 0 radical (unpaired) electrons. The fourth-order valence-corrected chi connectivity index (χ4v) is 5.77. The first kappa shape index (κ1) is 21.9. The second-order valence-corrected chi connectivity index (χ2v) is 9.54. The topological polar surface area (TPSA) is 69.0 Å². The Morgan fingerprint density at radius 2 is 1.73 bits per heavy atom. The number of methoxy groups -OCH3 is 1. The molecule has 2 aliphatic rings. The molecular formula is C27H34N4O2. The van der Waals surface area contributed by atoms with E-state index in [0.29, 0.717) is 11.8 Å². The lowest BCUT2D eigenvalue weighted by Gasteiger charge is -2.33. The first-order valence-corrected chi connectivity index (χ1v) is 12.5. The zero-order chi connectivity index (χ0) is 22.6. The summed E-state index contributed by atoms with van der Waals surface area (Å²) in [5.41, 5.74) is 2.71. The molecule has 0 spiro atoms. The number of rotatable bonds is 6. The van der Waals surface area contributed by atoms with Crippen LogP contribution in [0.5, 0.6) is 5.88 Å². The molecule has 2 saturated carbocycles. The Bertz CT molecular complexity index is 1100. The lowest BCUT2D eigenvalue weighted by Crippen LogP contribution is -2.43. The summed E-state index contributed by atoms with van der Waals surface area (Å²) in [5.74, 6) is 1.72. The fourth-order valence-electron chi connectivity index (χ4n) is 5.77. The zero-order valence-corrected chi connectivity index (χ0v) is 19.5. The third-order valence-electron chi connectivity index (χ3n) is 7.40. The van der Waals surface area contributed by atoms with Crippen molar-refractivity contribution in [3.05, 3.63) is 42.6 Å². The van der Waals surface area contributed by atoms with Gasteiger partial charge in [-0.25, -0.2) is 9.97 Å². The van der Waals surface area contributed by atoms with E-state index in [1.165, 1.54) is 38.5 Å². The van der Waals surface area contributed by atoms with E-state index in [2.05, 4.69) is 20.9 Å². The SMILES string of the molecule is COc1ncccc1-c1nc2ccccc2n1C(C(=O)NC1CCCCC1)C1CCCCC1. The van der Waals surface area contributed by atoms with E-state index in [4.69, 9.17) is 9.72 Å². The molecule has 1 unspecified atom stereocenters. The quantitative estimate of drug-likeness (QED) is 0.529. The standard InChI is InChI=1S/C27H34N4O2/c1-33-27-21(15-10-18-28-27)25-30-22-16-8-9-17-23(22)31(25)24(19-11-4-2-5-12-19)26(32)29-20-13-6-3-7-14-20/h8-10,15-20,24H,2-7,11-14H2,1H3,(H,29,32). The Kier molecular flexibility index (Phi) is 6.60. The average molecular weight is 447 g/mol. The molecule has 1 amide bonds. The van der Waals surface area contributed by atoms with E-state index in [1.807, 2.05) is 30.3 Å². The van der Waals surface area contributed by atoms with Crippen molar-refractivity contribution in [2.45, 2.75) is 76.3 Å². The number of pyridine rings is 1. The Hall–Kier alpha value is -2.89. The fraction of sp³-hybridized carbons (Fsp3) is 0.519. The molecule has 6 heteroatoms. The van der Waals surface area contributed by atoms with Gasteiger partial charge in [-0.15, -0.1) is 0 Å². The van der Waals surface area contributed by atoms with Crippen LogP contribution in [-0.2, 0) is 4.79 Å². The van der Waals surface area contributed by atoms with Crippen LogP contribution in [0.1, 0.15) is 70.3 Å². The normalized spacial score (nSPS) is 18.8. The number of carbonyl (C=O) groups excluding carboxylic acids is 1. The summed E-state index contributed by atoms with van der Waals surface area (Å²) in [4.78, 5) is 23.4. The lowest BCUT2D eigenvalue weighted by atomic mass is 9.82. The smallest absolute Gasteiger partial charge is 0.243 e. The Morgan fingerprint density at radius 3 is 2.48 bits per heavy atom. The summed E-state index contributed by atoms with van der Waals surface area (Å²) in [5, 5.41) is 3.44. The highest BCUT2D eigenvalue weighted by Gasteiger charge is 2.35. The van der Waals surface area contributed by atoms with Crippen molar-refractivity contribution in [3.63, 3.8) is 0 Å². The lowest BCUT2D eigenvalue weighted by molar-refractivity contribution is -0.127. The van der Waals surface area contributed by atoms with E-state index < -0.39 is 0 Å². The van der Waals surface area contributed by atoms with E-state index in [9.17, 15) is 4.79 Å². The van der Waals surface area contributed by atoms with Crippen LogP contribution in [0.15, 0.2) is 42.6 Å². The first-order valence-electron chi connectivity index (χ1n) is 12.5. The monoisotopic (exact) mass is 446 g/mol. The molecule has 1 N–H and O–H groups in total. The molecule has 33 heavy (non-hydrogen) atoms. The molecule has 174 valence electrons. The van der Waals surface area contributed by atoms with E-state index in [0.717, 1.165) is 48.1 Å². The second-order valence-electron chi connectivity index (χ2n) is 9.54. The van der Waals surface area contributed by atoms with Gasteiger partial charge in [0.25, 0.3) is 0 Å². The number of hydrogen-bond acceptors (Lipinski definition) is 4. The minimum Gasteiger partial charge on any atom is -0.480 e. The average Bonchev–Trinajstić information content (AvgIpc) is 3.24. The van der Waals surface area contributed by atoms with Crippen LogP contribution in [0.2, 0.25) is 0 Å². The highest BCUT2D eigenvalue weighted by Crippen LogP contribution is 2.40. The number of benzene rings is 1. The van der Waals surface area contributed by atoms with Gasteiger partial charge >= 0.3 is 0 Å². The predicted molar refractivity (Wildman–Crippen MR) is 130 cm³/mol. The largest absolute Gasteiger partial charge is 0.480 e. The third-order valence-corrected chi connectivity index (χ3v) is 7.40. The van der Waals surface area contributed by atoms with Crippen LogP contribution in [0, 0.1) is 5.92 Å². The molecule has 0 bridgehead atoms. The van der Waals surface area contributed by atoms with Crippen molar-refractivity contribution in [1.29, 1.82) is 0 Å². The molecule has 2 aromatic heterocycles. The molecule has 1 atom stereocenters. The number of aromatic nitrogens is 3. The molecular weight excluding hydrogens is 412 g/mol. The number of ether oxygens (including phenoxy) is 1. The summed E-state index contributed by atoms with van der Waals surface area (Å²) in [6.07, 6.45) is 13.3. The Labute approximate surface area is 195 Å². The van der Waals surface area contributed by atoms with Crippen LogP contribution in [-0.4, -0.2) is 33.6 Å². The van der Waals surface area contributed by atoms with E-state index in [-0.39, 0.29) is 18.0 Å². The maximum absolute atomic E-state index is 14.0. The van der Waals surface area contributed by atoms with Crippen LogP contribution < -0.4 is 10.1 Å². The van der Waals surface area contributed by atoms with E-state index in [1.54, 1.807) is 13.3 Å². The zero-order valence-electron chi connectivity index (χ0n) is 19.5. The van der Waals surface area contributed by atoms with Gasteiger partial charge in [0.1, 0.15) is 11.9 Å². The van der Waals surface area contributed by atoms with Gasteiger partial charge in [0.05, 0.1) is 23.7 Å². The van der Waals surface area contributed by atoms with Gasteiger partial charge < -0.3 is 14.6 Å². The van der Waals surface area contributed by atoms with Gasteiger partial charge in [0, 0.05) is 12.2 Å². The van der Waals surface area contributed by atoms with Crippen molar-refractivity contribution in [2.75, 3.05) is 7.11 Å². The summed E-state index contributed by atoms with van der Waals surface area (Å²) in [6.45, 7) is 0. The van der Waals surface area contributed by atoms with Crippen molar-refractivity contribution in [1.82, 2.24) is 19.9 Å². The third kappa shape index (κ3) is 4.48. The maximum Gasteiger partial charge on any atom is 0.243 e. The molecule has 2 fully saturated rings. The number of amides is 1. The summed E-state index contributed by atoms with van der Waals surface area (Å²) >= 11 is 0. The number of nitrogens with zero attached hydrogens (tertiary/aromatic N) is 3.